The normalized spacial score (nSPS) is 41.0. The second kappa shape index (κ2) is 10.7. The highest BCUT2D eigenvalue weighted by atomic mass is 28.4. The van der Waals surface area contributed by atoms with Crippen LogP contribution in [0.3, 0.4) is 0 Å². The minimum Gasteiger partial charge on any atom is -0.468 e. The lowest BCUT2D eigenvalue weighted by molar-refractivity contribution is -0.141. The lowest BCUT2D eigenvalue weighted by Crippen LogP contribution is -2.54. The molecule has 206 valence electrons. The molecule has 2 unspecified atom stereocenters. The molecule has 5 nitrogen and oxygen atoms in total. The Morgan fingerprint density at radius 3 is 2.36 bits per heavy atom. The van der Waals surface area contributed by atoms with Crippen LogP contribution < -0.4 is 5.32 Å². The van der Waals surface area contributed by atoms with E-state index in [0.29, 0.717) is 35.2 Å². The summed E-state index contributed by atoms with van der Waals surface area (Å²) >= 11 is 0. The monoisotopic (exact) mass is 519 g/mol. The van der Waals surface area contributed by atoms with Gasteiger partial charge in [-0.05, 0) is 130 Å². The van der Waals surface area contributed by atoms with Gasteiger partial charge < -0.3 is 14.5 Å². The van der Waals surface area contributed by atoms with Gasteiger partial charge in [0.2, 0.25) is 5.91 Å². The van der Waals surface area contributed by atoms with Crippen LogP contribution in [0.4, 0.5) is 0 Å². The number of rotatable bonds is 8. The number of carbonyl (C=O) groups excluding carboxylic acids is 2. The summed E-state index contributed by atoms with van der Waals surface area (Å²) in [5.74, 6) is 4.31. The number of methoxy groups -OCH3 is 1. The Labute approximate surface area is 221 Å². The number of amides is 1. The fourth-order valence-electron chi connectivity index (χ4n) is 9.69. The van der Waals surface area contributed by atoms with Crippen molar-refractivity contribution >= 4 is 20.2 Å². The van der Waals surface area contributed by atoms with Crippen molar-refractivity contribution in [3.05, 3.63) is 0 Å². The van der Waals surface area contributed by atoms with Crippen LogP contribution in [0.25, 0.3) is 0 Å². The molecule has 36 heavy (non-hydrogen) atoms. The van der Waals surface area contributed by atoms with Crippen LogP contribution in [-0.2, 0) is 18.8 Å². The van der Waals surface area contributed by atoms with Gasteiger partial charge in [-0.1, -0.05) is 20.8 Å². The van der Waals surface area contributed by atoms with E-state index in [2.05, 4.69) is 50.5 Å². The third-order valence-electron chi connectivity index (χ3n) is 11.4. The topological polar surface area (TPSA) is 64.6 Å². The number of hydrogen-bond acceptors (Lipinski definition) is 4. The van der Waals surface area contributed by atoms with E-state index in [-0.39, 0.29) is 18.4 Å². The van der Waals surface area contributed by atoms with E-state index < -0.39 is 8.32 Å². The molecule has 0 spiro atoms. The molecule has 0 radical (unpaired) electrons. The molecular weight excluding hydrogens is 466 g/mol. The molecule has 0 aliphatic heterocycles. The summed E-state index contributed by atoms with van der Waals surface area (Å²) in [6.07, 6.45) is 14.1. The Kier molecular flexibility index (Phi) is 8.37. The van der Waals surface area contributed by atoms with Crippen LogP contribution in [0.1, 0.15) is 91.4 Å². The lowest BCUT2D eigenvalue weighted by Gasteiger charge is -2.61. The third-order valence-corrected chi connectivity index (χ3v) is 12.4. The van der Waals surface area contributed by atoms with Gasteiger partial charge in [0.15, 0.2) is 8.32 Å². The number of nitrogens with one attached hydrogen (secondary N) is 1. The maximum Gasteiger partial charge on any atom is 0.325 e. The summed E-state index contributed by atoms with van der Waals surface area (Å²) in [5.41, 5.74) is 0.926. The summed E-state index contributed by atoms with van der Waals surface area (Å²) in [7, 11) is -0.127. The van der Waals surface area contributed by atoms with E-state index in [9.17, 15) is 9.59 Å². The van der Waals surface area contributed by atoms with Crippen molar-refractivity contribution in [1.82, 2.24) is 5.32 Å². The number of fused-ring (bicyclic) bond motifs is 5. The highest BCUT2D eigenvalue weighted by Crippen LogP contribution is 2.68. The van der Waals surface area contributed by atoms with Crippen LogP contribution in [0.15, 0.2) is 0 Å². The minimum absolute atomic E-state index is 0.0270. The van der Waals surface area contributed by atoms with Gasteiger partial charge in [-0.3, -0.25) is 9.59 Å². The highest BCUT2D eigenvalue weighted by molar-refractivity contribution is 6.69. The van der Waals surface area contributed by atoms with Gasteiger partial charge in [0, 0.05) is 12.5 Å². The molecule has 9 atom stereocenters. The highest BCUT2D eigenvalue weighted by Gasteiger charge is 2.60. The van der Waals surface area contributed by atoms with Crippen molar-refractivity contribution in [2.24, 2.45) is 46.3 Å². The van der Waals surface area contributed by atoms with Crippen molar-refractivity contribution in [1.29, 1.82) is 0 Å². The Hall–Kier alpha value is -0.883. The molecule has 0 heterocycles. The maximum absolute atomic E-state index is 12.3. The zero-order valence-electron chi connectivity index (χ0n) is 24.2. The molecule has 4 aliphatic rings. The first-order valence-electron chi connectivity index (χ1n) is 14.9. The summed E-state index contributed by atoms with van der Waals surface area (Å²) < 4.78 is 11.2. The Morgan fingerprint density at radius 1 is 0.972 bits per heavy atom. The average Bonchev–Trinajstić information content (AvgIpc) is 3.17. The van der Waals surface area contributed by atoms with Gasteiger partial charge in [0.05, 0.1) is 7.11 Å². The molecule has 0 aromatic carbocycles. The first kappa shape index (κ1) is 28.1. The van der Waals surface area contributed by atoms with Gasteiger partial charge in [0.1, 0.15) is 6.54 Å². The lowest BCUT2D eigenvalue weighted by atomic mass is 9.44. The van der Waals surface area contributed by atoms with E-state index >= 15 is 0 Å². The summed E-state index contributed by atoms with van der Waals surface area (Å²) in [4.78, 5) is 23.6. The molecule has 4 aliphatic carbocycles. The molecule has 0 saturated heterocycles. The molecule has 4 rings (SSSR count). The maximum atomic E-state index is 12.3. The summed E-state index contributed by atoms with van der Waals surface area (Å²) in [5, 5.41) is 2.71. The Bertz CT molecular complexity index is 811. The molecule has 4 saturated carbocycles. The van der Waals surface area contributed by atoms with Crippen molar-refractivity contribution in [2.75, 3.05) is 13.7 Å². The largest absolute Gasteiger partial charge is 0.468 e. The average molecular weight is 520 g/mol. The second-order valence-corrected chi connectivity index (χ2v) is 18.8. The van der Waals surface area contributed by atoms with Crippen LogP contribution in [-0.4, -0.2) is 40.0 Å². The quantitative estimate of drug-likeness (QED) is 0.291. The van der Waals surface area contributed by atoms with Crippen molar-refractivity contribution < 1.29 is 18.8 Å². The number of hydrogen-bond donors (Lipinski definition) is 1. The van der Waals surface area contributed by atoms with Gasteiger partial charge >= 0.3 is 5.97 Å². The number of carbonyl (C=O) groups is 2. The zero-order chi connectivity index (χ0) is 26.3. The fourth-order valence-corrected chi connectivity index (χ4v) is 10.9. The standard InChI is InChI=1S/C30H53NO4Si/c1-20(8-13-27(32)31-19-28(33)34-4)24-11-12-25-23-10-9-21-18-22(35-36(5,6)7)14-16-29(21,2)26(23)15-17-30(24,25)3/h20-26H,8-19H2,1-7H3,(H,31,32)/t20-,21?,22?,23+,24-,25+,26+,29+,30-/m1/s1. The SMILES string of the molecule is COC(=O)CNC(=O)CC[C@@H](C)[C@H]1CC[C@H]2[C@@H]3CCC4CC(O[Si](C)(C)C)CC[C@]4(C)[C@H]3CC[C@]12C. The molecule has 1 N–H and O–H groups in total. The van der Waals surface area contributed by atoms with Crippen LogP contribution in [0, 0.1) is 46.3 Å². The van der Waals surface area contributed by atoms with Crippen LogP contribution >= 0.6 is 0 Å². The first-order valence-corrected chi connectivity index (χ1v) is 18.3. The zero-order valence-corrected chi connectivity index (χ0v) is 25.2. The van der Waals surface area contributed by atoms with Crippen molar-refractivity contribution in [3.63, 3.8) is 0 Å². The van der Waals surface area contributed by atoms with E-state index in [4.69, 9.17) is 4.43 Å². The van der Waals surface area contributed by atoms with Gasteiger partial charge in [-0.2, -0.15) is 0 Å². The van der Waals surface area contributed by atoms with E-state index in [1.54, 1.807) is 0 Å². The van der Waals surface area contributed by atoms with Crippen LogP contribution in [0.5, 0.6) is 0 Å². The van der Waals surface area contributed by atoms with Crippen molar-refractivity contribution in [3.8, 4) is 0 Å². The minimum atomic E-state index is -1.48. The third kappa shape index (κ3) is 5.60. The van der Waals surface area contributed by atoms with Crippen molar-refractivity contribution in [2.45, 2.75) is 117 Å². The molecule has 0 bridgehead atoms. The molecule has 0 aromatic rings. The Morgan fingerprint density at radius 2 is 1.67 bits per heavy atom. The molecule has 6 heteroatoms. The summed E-state index contributed by atoms with van der Waals surface area (Å²) in [6, 6.07) is 0. The van der Waals surface area contributed by atoms with E-state index in [1.165, 1.54) is 64.9 Å². The molecule has 1 amide bonds. The fraction of sp³-hybridized carbons (Fsp3) is 0.933. The van der Waals surface area contributed by atoms with E-state index in [1.807, 2.05) is 0 Å². The second-order valence-electron chi connectivity index (χ2n) is 14.4. The van der Waals surface area contributed by atoms with Gasteiger partial charge in [0.25, 0.3) is 0 Å². The van der Waals surface area contributed by atoms with Crippen LogP contribution in [0.2, 0.25) is 19.6 Å². The molecule has 0 aromatic heterocycles. The number of esters is 1. The van der Waals surface area contributed by atoms with E-state index in [0.717, 1.165) is 30.1 Å². The smallest absolute Gasteiger partial charge is 0.325 e. The van der Waals surface area contributed by atoms with Gasteiger partial charge in [-0.25, -0.2) is 0 Å². The number of ether oxygens (including phenoxy) is 1. The summed E-state index contributed by atoms with van der Waals surface area (Å²) in [6.45, 7) is 14.6. The first-order chi connectivity index (χ1) is 16.9. The van der Waals surface area contributed by atoms with Gasteiger partial charge in [-0.15, -0.1) is 0 Å². The Balaban J connectivity index is 1.36. The molecule has 4 fully saturated rings. The predicted molar refractivity (Wildman–Crippen MR) is 147 cm³/mol. The predicted octanol–water partition coefficient (Wildman–Crippen LogP) is 6.57. The molecular formula is C30H53NO4Si.